The van der Waals surface area contributed by atoms with Crippen LogP contribution in [0, 0.1) is 6.92 Å². The number of H-pyrrole nitrogens is 1. The first kappa shape index (κ1) is 16.9. The van der Waals surface area contributed by atoms with Gasteiger partial charge in [-0.15, -0.1) is 0 Å². The number of carbonyl (C=O) groups is 1. The summed E-state index contributed by atoms with van der Waals surface area (Å²) in [5, 5.41) is 5.28. The highest BCUT2D eigenvalue weighted by molar-refractivity contribution is 6.34. The fourth-order valence-corrected chi connectivity index (χ4v) is 3.46. The molecule has 3 aromatic rings. The molecule has 0 saturated heterocycles. The SMILES string of the molecule is Cc1[nH]c2ccccc2c1CC(=O)NCCc1cc(Cl)cc(Cl)c1. The highest BCUT2D eigenvalue weighted by Gasteiger charge is 2.11. The van der Waals surface area contributed by atoms with Gasteiger partial charge in [0.2, 0.25) is 5.91 Å². The fourth-order valence-electron chi connectivity index (χ4n) is 2.89. The van der Waals surface area contributed by atoms with Crippen molar-refractivity contribution >= 4 is 40.0 Å². The summed E-state index contributed by atoms with van der Waals surface area (Å²) in [4.78, 5) is 15.6. The van der Waals surface area contributed by atoms with Crippen molar-refractivity contribution < 1.29 is 4.79 Å². The summed E-state index contributed by atoms with van der Waals surface area (Å²) in [6.07, 6.45) is 1.06. The molecule has 0 spiro atoms. The van der Waals surface area contributed by atoms with Gasteiger partial charge in [-0.25, -0.2) is 0 Å². The number of fused-ring (bicyclic) bond motifs is 1. The number of rotatable bonds is 5. The van der Waals surface area contributed by atoms with Crippen molar-refractivity contribution in [2.45, 2.75) is 19.8 Å². The third kappa shape index (κ3) is 3.92. The Hall–Kier alpha value is -1.97. The van der Waals surface area contributed by atoms with Gasteiger partial charge in [-0.2, -0.15) is 0 Å². The smallest absolute Gasteiger partial charge is 0.224 e. The normalized spacial score (nSPS) is 11.0. The first-order valence-corrected chi connectivity index (χ1v) is 8.56. The number of benzene rings is 2. The fraction of sp³-hybridized carbons (Fsp3) is 0.211. The van der Waals surface area contributed by atoms with Crippen LogP contribution >= 0.6 is 23.2 Å². The Morgan fingerprint density at radius 2 is 1.83 bits per heavy atom. The van der Waals surface area contributed by atoms with Crippen LogP contribution in [-0.2, 0) is 17.6 Å². The molecule has 0 aliphatic heterocycles. The molecular formula is C19H18Cl2N2O. The van der Waals surface area contributed by atoms with Crippen LogP contribution in [0.5, 0.6) is 0 Å². The molecule has 1 amide bonds. The predicted molar refractivity (Wildman–Crippen MR) is 99.9 cm³/mol. The van der Waals surface area contributed by atoms with Crippen molar-refractivity contribution in [3.63, 3.8) is 0 Å². The molecule has 1 aromatic heterocycles. The number of amides is 1. The Kier molecular flexibility index (Phi) is 5.12. The molecule has 5 heteroatoms. The number of para-hydroxylation sites is 1. The van der Waals surface area contributed by atoms with Crippen LogP contribution in [0.15, 0.2) is 42.5 Å². The van der Waals surface area contributed by atoms with Gasteiger partial charge in [0, 0.05) is 33.2 Å². The molecular weight excluding hydrogens is 343 g/mol. The number of aromatic nitrogens is 1. The van der Waals surface area contributed by atoms with Gasteiger partial charge < -0.3 is 10.3 Å². The van der Waals surface area contributed by atoms with Crippen LogP contribution in [0.4, 0.5) is 0 Å². The van der Waals surface area contributed by atoms with Crippen LogP contribution < -0.4 is 5.32 Å². The first-order valence-electron chi connectivity index (χ1n) is 7.81. The van der Waals surface area contributed by atoms with E-state index in [-0.39, 0.29) is 5.91 Å². The Balaban J connectivity index is 1.60. The summed E-state index contributed by atoms with van der Waals surface area (Å²) in [6.45, 7) is 2.55. The largest absolute Gasteiger partial charge is 0.358 e. The molecule has 3 nitrogen and oxygen atoms in total. The van der Waals surface area contributed by atoms with Gasteiger partial charge >= 0.3 is 0 Å². The molecule has 2 aromatic carbocycles. The summed E-state index contributed by atoms with van der Waals surface area (Å²) >= 11 is 12.0. The van der Waals surface area contributed by atoms with E-state index in [1.54, 1.807) is 6.07 Å². The molecule has 0 radical (unpaired) electrons. The van der Waals surface area contributed by atoms with Crippen LogP contribution in [0.1, 0.15) is 16.8 Å². The molecule has 0 unspecified atom stereocenters. The third-order valence-electron chi connectivity index (χ3n) is 4.02. The van der Waals surface area contributed by atoms with Gasteiger partial charge in [0.05, 0.1) is 6.42 Å². The lowest BCUT2D eigenvalue weighted by molar-refractivity contribution is -0.120. The van der Waals surface area contributed by atoms with Crippen molar-refractivity contribution in [2.75, 3.05) is 6.54 Å². The Morgan fingerprint density at radius 3 is 2.58 bits per heavy atom. The molecule has 0 fully saturated rings. The molecule has 0 aliphatic carbocycles. The van der Waals surface area contributed by atoms with Gasteiger partial charge in [0.1, 0.15) is 0 Å². The number of hydrogen-bond acceptors (Lipinski definition) is 1. The Bertz CT molecular complexity index is 866. The third-order valence-corrected chi connectivity index (χ3v) is 4.46. The zero-order valence-electron chi connectivity index (χ0n) is 13.3. The van der Waals surface area contributed by atoms with Crippen molar-refractivity contribution in [1.82, 2.24) is 10.3 Å². The molecule has 2 N–H and O–H groups in total. The number of hydrogen-bond donors (Lipinski definition) is 2. The molecule has 24 heavy (non-hydrogen) atoms. The average Bonchev–Trinajstić information content (AvgIpc) is 2.82. The predicted octanol–water partition coefficient (Wildman–Crippen LogP) is 4.68. The molecule has 1 heterocycles. The summed E-state index contributed by atoms with van der Waals surface area (Å²) in [5.74, 6) is 0.0102. The number of nitrogens with one attached hydrogen (secondary N) is 2. The van der Waals surface area contributed by atoms with Crippen LogP contribution in [0.2, 0.25) is 10.0 Å². The number of aryl methyl sites for hydroxylation is 1. The van der Waals surface area contributed by atoms with Crippen LogP contribution in [0.25, 0.3) is 10.9 Å². The van der Waals surface area contributed by atoms with E-state index in [1.807, 2.05) is 43.3 Å². The number of aromatic amines is 1. The molecule has 0 bridgehead atoms. The lowest BCUT2D eigenvalue weighted by Crippen LogP contribution is -2.27. The summed E-state index contributed by atoms with van der Waals surface area (Å²) < 4.78 is 0. The zero-order valence-corrected chi connectivity index (χ0v) is 14.8. The van der Waals surface area contributed by atoms with E-state index in [0.29, 0.717) is 29.4 Å². The Labute approximate surface area is 151 Å². The van der Waals surface area contributed by atoms with E-state index in [1.165, 1.54) is 0 Å². The highest BCUT2D eigenvalue weighted by Crippen LogP contribution is 2.22. The summed E-state index contributed by atoms with van der Waals surface area (Å²) in [6, 6.07) is 13.5. The monoisotopic (exact) mass is 360 g/mol. The van der Waals surface area contributed by atoms with Gasteiger partial charge in [0.15, 0.2) is 0 Å². The first-order chi connectivity index (χ1) is 11.5. The van der Waals surface area contributed by atoms with Gasteiger partial charge in [-0.05, 0) is 48.7 Å². The van der Waals surface area contributed by atoms with E-state index in [0.717, 1.165) is 27.7 Å². The molecule has 0 saturated carbocycles. The number of carbonyl (C=O) groups excluding carboxylic acids is 1. The lowest BCUT2D eigenvalue weighted by atomic mass is 10.1. The maximum absolute atomic E-state index is 12.3. The van der Waals surface area contributed by atoms with E-state index in [2.05, 4.69) is 10.3 Å². The summed E-state index contributed by atoms with van der Waals surface area (Å²) in [5.41, 5.74) is 4.16. The van der Waals surface area contributed by atoms with Crippen molar-refractivity contribution in [2.24, 2.45) is 0 Å². The zero-order chi connectivity index (χ0) is 17.1. The van der Waals surface area contributed by atoms with Crippen LogP contribution in [0.3, 0.4) is 0 Å². The minimum atomic E-state index is 0.0102. The van der Waals surface area contributed by atoms with Crippen molar-refractivity contribution in [3.05, 3.63) is 69.3 Å². The minimum Gasteiger partial charge on any atom is -0.358 e. The quantitative estimate of drug-likeness (QED) is 0.681. The van der Waals surface area contributed by atoms with Gasteiger partial charge in [0.25, 0.3) is 0 Å². The molecule has 124 valence electrons. The summed E-state index contributed by atoms with van der Waals surface area (Å²) in [7, 11) is 0. The van der Waals surface area contributed by atoms with E-state index in [9.17, 15) is 4.79 Å². The number of halogens is 2. The van der Waals surface area contributed by atoms with Crippen LogP contribution in [-0.4, -0.2) is 17.4 Å². The minimum absolute atomic E-state index is 0.0102. The Morgan fingerprint density at radius 1 is 1.12 bits per heavy atom. The van der Waals surface area contributed by atoms with E-state index >= 15 is 0 Å². The second-order valence-electron chi connectivity index (χ2n) is 5.83. The molecule has 3 rings (SSSR count). The van der Waals surface area contributed by atoms with E-state index in [4.69, 9.17) is 23.2 Å². The maximum Gasteiger partial charge on any atom is 0.224 e. The van der Waals surface area contributed by atoms with Crippen molar-refractivity contribution in [1.29, 1.82) is 0 Å². The van der Waals surface area contributed by atoms with Gasteiger partial charge in [-0.3, -0.25) is 4.79 Å². The standard InChI is InChI=1S/C19H18Cl2N2O/c1-12-17(16-4-2-3-5-18(16)23-12)11-19(24)22-7-6-13-8-14(20)10-15(21)9-13/h2-5,8-10,23H,6-7,11H2,1H3,(H,22,24). The van der Waals surface area contributed by atoms with Crippen molar-refractivity contribution in [3.8, 4) is 0 Å². The average molecular weight is 361 g/mol. The second kappa shape index (κ2) is 7.29. The van der Waals surface area contributed by atoms with Gasteiger partial charge in [-0.1, -0.05) is 41.4 Å². The second-order valence-corrected chi connectivity index (χ2v) is 6.70. The molecule has 0 aliphatic rings. The highest BCUT2D eigenvalue weighted by atomic mass is 35.5. The van der Waals surface area contributed by atoms with E-state index < -0.39 is 0 Å². The maximum atomic E-state index is 12.3. The molecule has 0 atom stereocenters. The lowest BCUT2D eigenvalue weighted by Gasteiger charge is -2.07. The topological polar surface area (TPSA) is 44.9 Å².